The fourth-order valence-electron chi connectivity index (χ4n) is 2.70. The Labute approximate surface area is 114 Å². The zero-order valence-electron chi connectivity index (χ0n) is 11.9. The molecule has 19 heavy (non-hydrogen) atoms. The second-order valence-electron chi connectivity index (χ2n) is 6.69. The molecular formula is C15H20BFO2. The molecule has 102 valence electrons. The van der Waals surface area contributed by atoms with E-state index in [0.29, 0.717) is 11.7 Å². The first-order chi connectivity index (χ1) is 8.80. The van der Waals surface area contributed by atoms with Crippen LogP contribution in [0.15, 0.2) is 24.3 Å². The molecule has 1 aromatic carbocycles. The Bertz CT molecular complexity index is 485. The topological polar surface area (TPSA) is 18.5 Å². The van der Waals surface area contributed by atoms with E-state index in [0.717, 1.165) is 12.0 Å². The van der Waals surface area contributed by atoms with Crippen molar-refractivity contribution in [2.75, 3.05) is 0 Å². The zero-order chi connectivity index (χ0) is 13.8. The summed E-state index contributed by atoms with van der Waals surface area (Å²) in [7, 11) is -0.168. The molecule has 2 atom stereocenters. The van der Waals surface area contributed by atoms with E-state index in [1.165, 1.54) is 6.07 Å². The lowest BCUT2D eigenvalue weighted by atomic mass is 9.79. The molecule has 1 heterocycles. The molecule has 1 saturated carbocycles. The highest BCUT2D eigenvalue weighted by Gasteiger charge is 2.59. The van der Waals surface area contributed by atoms with Crippen LogP contribution in [-0.4, -0.2) is 18.3 Å². The molecule has 3 rings (SSSR count). The normalized spacial score (nSPS) is 31.5. The molecule has 1 aliphatic carbocycles. The summed E-state index contributed by atoms with van der Waals surface area (Å²) in [5.41, 5.74) is 0.485. The van der Waals surface area contributed by atoms with E-state index in [2.05, 4.69) is 27.7 Å². The molecule has 1 aromatic rings. The zero-order valence-corrected chi connectivity index (χ0v) is 11.9. The van der Waals surface area contributed by atoms with Crippen molar-refractivity contribution in [1.29, 1.82) is 0 Å². The van der Waals surface area contributed by atoms with Gasteiger partial charge in [-0.25, -0.2) is 4.39 Å². The molecule has 0 bridgehead atoms. The van der Waals surface area contributed by atoms with Crippen LogP contribution in [0.2, 0.25) is 5.82 Å². The van der Waals surface area contributed by atoms with Gasteiger partial charge in [-0.15, -0.1) is 0 Å². The lowest BCUT2D eigenvalue weighted by Crippen LogP contribution is -2.41. The fraction of sp³-hybridized carbons (Fsp3) is 0.600. The molecule has 0 N–H and O–H groups in total. The second kappa shape index (κ2) is 4.06. The highest BCUT2D eigenvalue weighted by Crippen LogP contribution is 2.58. The van der Waals surface area contributed by atoms with Crippen LogP contribution >= 0.6 is 0 Å². The lowest BCUT2D eigenvalue weighted by Gasteiger charge is -2.32. The van der Waals surface area contributed by atoms with Crippen LogP contribution in [0.4, 0.5) is 4.39 Å². The summed E-state index contributed by atoms with van der Waals surface area (Å²) in [6.45, 7) is 8.25. The molecular weight excluding hydrogens is 242 g/mol. The Hall–Kier alpha value is -0.865. The molecule has 4 heteroatoms. The van der Waals surface area contributed by atoms with Crippen molar-refractivity contribution in [2.45, 2.75) is 57.1 Å². The quantitative estimate of drug-likeness (QED) is 0.755. The van der Waals surface area contributed by atoms with Crippen molar-refractivity contribution in [2.24, 2.45) is 0 Å². The third kappa shape index (κ3) is 2.21. The van der Waals surface area contributed by atoms with Crippen LogP contribution in [0.3, 0.4) is 0 Å². The maximum absolute atomic E-state index is 13.2. The van der Waals surface area contributed by atoms with E-state index >= 15 is 0 Å². The minimum Gasteiger partial charge on any atom is -0.403 e. The molecule has 1 saturated heterocycles. The number of hydrogen-bond acceptors (Lipinski definition) is 2. The summed E-state index contributed by atoms with van der Waals surface area (Å²) in [6.07, 6.45) is 1.01. The maximum Gasteiger partial charge on any atom is 0.461 e. The SMILES string of the molecule is CC1(C)OB([C@H]2C[C@@H]2c2cccc(F)c2)OC1(C)C. The molecule has 0 spiro atoms. The van der Waals surface area contributed by atoms with E-state index in [4.69, 9.17) is 9.31 Å². The minimum atomic E-state index is -0.285. The highest BCUT2D eigenvalue weighted by molar-refractivity contribution is 6.49. The van der Waals surface area contributed by atoms with Gasteiger partial charge in [-0.3, -0.25) is 0 Å². The number of halogens is 1. The average Bonchev–Trinajstić information content (AvgIpc) is 3.03. The van der Waals surface area contributed by atoms with Gasteiger partial charge >= 0.3 is 7.12 Å². The first-order valence-corrected chi connectivity index (χ1v) is 6.91. The van der Waals surface area contributed by atoms with E-state index in [1.807, 2.05) is 6.07 Å². The van der Waals surface area contributed by atoms with Gasteiger partial charge in [0.1, 0.15) is 5.82 Å². The molecule has 0 unspecified atom stereocenters. The van der Waals surface area contributed by atoms with Crippen LogP contribution in [-0.2, 0) is 9.31 Å². The van der Waals surface area contributed by atoms with Crippen LogP contribution in [0.1, 0.15) is 45.6 Å². The summed E-state index contributed by atoms with van der Waals surface area (Å²) in [5, 5.41) is 0. The predicted molar refractivity (Wildman–Crippen MR) is 73.6 cm³/mol. The van der Waals surface area contributed by atoms with Crippen molar-refractivity contribution in [1.82, 2.24) is 0 Å². The summed E-state index contributed by atoms with van der Waals surface area (Å²) in [5.74, 6) is 0.547. The van der Waals surface area contributed by atoms with E-state index in [1.54, 1.807) is 12.1 Å². The Morgan fingerprint density at radius 3 is 2.37 bits per heavy atom. The van der Waals surface area contributed by atoms with Crippen LogP contribution in [0.25, 0.3) is 0 Å². The van der Waals surface area contributed by atoms with Gasteiger partial charge in [-0.1, -0.05) is 12.1 Å². The Kier molecular flexibility index (Phi) is 2.81. The minimum absolute atomic E-state index is 0.168. The molecule has 0 radical (unpaired) electrons. The molecule has 2 aliphatic rings. The van der Waals surface area contributed by atoms with Crippen LogP contribution in [0.5, 0.6) is 0 Å². The van der Waals surface area contributed by atoms with Crippen molar-refractivity contribution < 1.29 is 13.7 Å². The van der Waals surface area contributed by atoms with Gasteiger partial charge in [0.25, 0.3) is 0 Å². The molecule has 0 aromatic heterocycles. The van der Waals surface area contributed by atoms with Gasteiger partial charge in [0.2, 0.25) is 0 Å². The Morgan fingerprint density at radius 1 is 1.16 bits per heavy atom. The van der Waals surface area contributed by atoms with Gasteiger partial charge in [-0.05, 0) is 57.7 Å². The first kappa shape index (κ1) is 13.1. The highest BCUT2D eigenvalue weighted by atomic mass is 19.1. The third-order valence-electron chi connectivity index (χ3n) is 4.74. The van der Waals surface area contributed by atoms with Gasteiger partial charge in [0.05, 0.1) is 11.2 Å². The van der Waals surface area contributed by atoms with E-state index < -0.39 is 0 Å². The lowest BCUT2D eigenvalue weighted by molar-refractivity contribution is 0.00578. The number of benzene rings is 1. The van der Waals surface area contributed by atoms with Crippen LogP contribution < -0.4 is 0 Å². The smallest absolute Gasteiger partial charge is 0.403 e. The van der Waals surface area contributed by atoms with Gasteiger partial charge in [0, 0.05) is 5.82 Å². The van der Waals surface area contributed by atoms with E-state index in [9.17, 15) is 4.39 Å². The maximum atomic E-state index is 13.2. The standard InChI is InChI=1S/C15H20BFO2/c1-14(2)15(3,4)19-16(18-14)13-9-12(13)10-6-5-7-11(17)8-10/h5-8,12-13H,9H2,1-4H3/t12-,13+/m1/s1. The summed E-state index contributed by atoms with van der Waals surface area (Å²) < 4.78 is 25.4. The number of rotatable bonds is 2. The summed E-state index contributed by atoms with van der Waals surface area (Å²) >= 11 is 0. The molecule has 0 amide bonds. The molecule has 2 nitrogen and oxygen atoms in total. The van der Waals surface area contributed by atoms with Gasteiger partial charge < -0.3 is 9.31 Å². The van der Waals surface area contributed by atoms with Crippen molar-refractivity contribution in [3.05, 3.63) is 35.6 Å². The van der Waals surface area contributed by atoms with Gasteiger partial charge in [0.15, 0.2) is 0 Å². The second-order valence-corrected chi connectivity index (χ2v) is 6.69. The largest absolute Gasteiger partial charge is 0.461 e. The van der Waals surface area contributed by atoms with E-state index in [-0.39, 0.29) is 24.1 Å². The monoisotopic (exact) mass is 262 g/mol. The van der Waals surface area contributed by atoms with Crippen molar-refractivity contribution in [3.8, 4) is 0 Å². The van der Waals surface area contributed by atoms with Gasteiger partial charge in [-0.2, -0.15) is 0 Å². The summed E-state index contributed by atoms with van der Waals surface area (Å²) in [6, 6.07) is 6.86. The fourth-order valence-corrected chi connectivity index (χ4v) is 2.70. The predicted octanol–water partition coefficient (Wildman–Crippen LogP) is 3.78. The Balaban J connectivity index is 1.72. The molecule has 1 aliphatic heterocycles. The molecule has 2 fully saturated rings. The van der Waals surface area contributed by atoms with Crippen molar-refractivity contribution in [3.63, 3.8) is 0 Å². The third-order valence-corrected chi connectivity index (χ3v) is 4.74. The van der Waals surface area contributed by atoms with Crippen LogP contribution in [0, 0.1) is 5.82 Å². The first-order valence-electron chi connectivity index (χ1n) is 6.91. The average molecular weight is 262 g/mol. The summed E-state index contributed by atoms with van der Waals surface area (Å²) in [4.78, 5) is 0. The Morgan fingerprint density at radius 2 is 1.79 bits per heavy atom. The van der Waals surface area contributed by atoms with Crippen molar-refractivity contribution >= 4 is 7.12 Å². The number of hydrogen-bond donors (Lipinski definition) is 0.